The van der Waals surface area contributed by atoms with Crippen molar-refractivity contribution < 1.29 is 14.3 Å². The monoisotopic (exact) mass is 446 g/mol. The third kappa shape index (κ3) is 3.54. The minimum absolute atomic E-state index is 0.151. The SMILES string of the molecule is COc1cccc(C2c3[nH]c4ccccc4c3CCN2C(=O)CCc2cccs2)c1OC. The van der Waals surface area contributed by atoms with E-state index in [4.69, 9.17) is 9.47 Å². The van der Waals surface area contributed by atoms with Crippen molar-refractivity contribution in [1.82, 2.24) is 9.88 Å². The fourth-order valence-electron chi connectivity index (χ4n) is 4.79. The molecule has 1 atom stereocenters. The highest BCUT2D eigenvalue weighted by atomic mass is 32.1. The van der Waals surface area contributed by atoms with Crippen LogP contribution in [0.2, 0.25) is 0 Å². The molecule has 5 rings (SSSR count). The third-order valence-corrected chi connectivity index (χ3v) is 7.18. The number of amides is 1. The molecular weight excluding hydrogens is 420 g/mol. The molecule has 1 N–H and O–H groups in total. The predicted molar refractivity (Wildman–Crippen MR) is 128 cm³/mol. The van der Waals surface area contributed by atoms with E-state index in [9.17, 15) is 4.79 Å². The second-order valence-electron chi connectivity index (χ2n) is 7.96. The number of para-hydroxylation sites is 2. The quantitative estimate of drug-likeness (QED) is 0.434. The first-order valence-electron chi connectivity index (χ1n) is 10.8. The number of benzene rings is 2. The number of aryl methyl sites for hydroxylation is 1. The minimum atomic E-state index is -0.257. The van der Waals surface area contributed by atoms with Crippen LogP contribution in [0, 0.1) is 0 Å². The van der Waals surface area contributed by atoms with E-state index in [-0.39, 0.29) is 11.9 Å². The summed E-state index contributed by atoms with van der Waals surface area (Å²) in [6.45, 7) is 0.670. The average Bonchev–Trinajstić information content (AvgIpc) is 3.49. The van der Waals surface area contributed by atoms with Crippen LogP contribution < -0.4 is 9.47 Å². The van der Waals surface area contributed by atoms with Gasteiger partial charge in [0.15, 0.2) is 11.5 Å². The molecule has 1 unspecified atom stereocenters. The number of carbonyl (C=O) groups is 1. The molecule has 0 radical (unpaired) electrons. The second kappa shape index (κ2) is 8.71. The van der Waals surface area contributed by atoms with Crippen LogP contribution >= 0.6 is 11.3 Å². The summed E-state index contributed by atoms with van der Waals surface area (Å²) in [5.41, 5.74) is 4.37. The van der Waals surface area contributed by atoms with E-state index in [1.165, 1.54) is 15.8 Å². The van der Waals surface area contributed by atoms with Crippen LogP contribution in [0.1, 0.15) is 34.2 Å². The molecule has 6 heteroatoms. The lowest BCUT2D eigenvalue weighted by molar-refractivity contribution is -0.133. The number of ether oxygens (including phenoxy) is 2. The lowest BCUT2D eigenvalue weighted by atomic mass is 9.91. The molecule has 1 aliphatic heterocycles. The summed E-state index contributed by atoms with van der Waals surface area (Å²) in [7, 11) is 3.29. The fraction of sp³-hybridized carbons (Fsp3) is 0.269. The lowest BCUT2D eigenvalue weighted by Crippen LogP contribution is -2.40. The van der Waals surface area contributed by atoms with Crippen LogP contribution in [0.25, 0.3) is 10.9 Å². The van der Waals surface area contributed by atoms with Crippen molar-refractivity contribution in [3.63, 3.8) is 0 Å². The van der Waals surface area contributed by atoms with Gasteiger partial charge in [0, 0.05) is 40.0 Å². The van der Waals surface area contributed by atoms with Crippen molar-refractivity contribution in [1.29, 1.82) is 0 Å². The van der Waals surface area contributed by atoms with Crippen molar-refractivity contribution >= 4 is 28.1 Å². The molecule has 0 spiro atoms. The number of carbonyl (C=O) groups excluding carboxylic acids is 1. The van der Waals surface area contributed by atoms with Crippen molar-refractivity contribution in [2.24, 2.45) is 0 Å². The molecule has 164 valence electrons. The van der Waals surface area contributed by atoms with Crippen molar-refractivity contribution in [3.8, 4) is 11.5 Å². The maximum absolute atomic E-state index is 13.5. The summed E-state index contributed by atoms with van der Waals surface area (Å²) in [5, 5.41) is 3.28. The number of nitrogens with one attached hydrogen (secondary N) is 1. The van der Waals surface area contributed by atoms with Gasteiger partial charge < -0.3 is 19.4 Å². The topological polar surface area (TPSA) is 54.6 Å². The number of hydrogen-bond donors (Lipinski definition) is 1. The molecule has 0 saturated heterocycles. The molecule has 2 aromatic heterocycles. The number of fused-ring (bicyclic) bond motifs is 3. The fourth-order valence-corrected chi connectivity index (χ4v) is 5.50. The molecule has 4 aromatic rings. The molecule has 32 heavy (non-hydrogen) atoms. The number of methoxy groups -OCH3 is 2. The summed E-state index contributed by atoms with van der Waals surface area (Å²) in [5.74, 6) is 1.49. The van der Waals surface area contributed by atoms with Gasteiger partial charge in [0.2, 0.25) is 5.91 Å². The molecule has 5 nitrogen and oxygen atoms in total. The molecule has 0 aliphatic carbocycles. The van der Waals surface area contributed by atoms with E-state index in [1.54, 1.807) is 25.6 Å². The van der Waals surface area contributed by atoms with Crippen LogP contribution in [0.3, 0.4) is 0 Å². The molecule has 0 bridgehead atoms. The first-order valence-corrected chi connectivity index (χ1v) is 11.7. The smallest absolute Gasteiger partial charge is 0.223 e. The third-order valence-electron chi connectivity index (χ3n) is 6.25. The Bertz CT molecular complexity index is 1250. The molecule has 1 amide bonds. The summed E-state index contributed by atoms with van der Waals surface area (Å²) in [4.78, 5) is 20.4. The van der Waals surface area contributed by atoms with Gasteiger partial charge in [-0.05, 0) is 42.0 Å². The Balaban J connectivity index is 1.60. The van der Waals surface area contributed by atoms with Crippen LogP contribution in [0.4, 0.5) is 0 Å². The first-order chi connectivity index (χ1) is 15.7. The van der Waals surface area contributed by atoms with Crippen molar-refractivity contribution in [3.05, 3.63) is 81.7 Å². The van der Waals surface area contributed by atoms with Gasteiger partial charge in [-0.3, -0.25) is 4.79 Å². The van der Waals surface area contributed by atoms with Gasteiger partial charge in [-0.2, -0.15) is 0 Å². The molecule has 0 fully saturated rings. The van der Waals surface area contributed by atoms with E-state index in [2.05, 4.69) is 34.6 Å². The highest BCUT2D eigenvalue weighted by molar-refractivity contribution is 7.09. The van der Waals surface area contributed by atoms with Gasteiger partial charge >= 0.3 is 0 Å². The number of hydrogen-bond acceptors (Lipinski definition) is 4. The normalized spacial score (nSPS) is 15.6. The highest BCUT2D eigenvalue weighted by Gasteiger charge is 2.36. The lowest BCUT2D eigenvalue weighted by Gasteiger charge is -2.37. The Morgan fingerprint density at radius 1 is 1.09 bits per heavy atom. The van der Waals surface area contributed by atoms with Gasteiger partial charge in [0.05, 0.1) is 14.2 Å². The van der Waals surface area contributed by atoms with Crippen molar-refractivity contribution in [2.45, 2.75) is 25.3 Å². The van der Waals surface area contributed by atoms with Gasteiger partial charge in [0.1, 0.15) is 6.04 Å². The predicted octanol–water partition coefficient (Wildman–Crippen LogP) is 5.35. The molecule has 3 heterocycles. The van der Waals surface area contributed by atoms with Gasteiger partial charge in [-0.1, -0.05) is 36.4 Å². The highest BCUT2D eigenvalue weighted by Crippen LogP contribution is 2.44. The average molecular weight is 447 g/mol. The van der Waals surface area contributed by atoms with Crippen LogP contribution in [-0.2, 0) is 17.6 Å². The summed E-state index contributed by atoms with van der Waals surface area (Å²) in [6, 6.07) is 18.1. The largest absolute Gasteiger partial charge is 0.493 e. The van der Waals surface area contributed by atoms with Gasteiger partial charge in [0.25, 0.3) is 0 Å². The second-order valence-corrected chi connectivity index (χ2v) is 9.00. The summed E-state index contributed by atoms with van der Waals surface area (Å²) < 4.78 is 11.4. The van der Waals surface area contributed by atoms with E-state index in [0.29, 0.717) is 24.5 Å². The number of nitrogens with zero attached hydrogens (tertiary/aromatic N) is 1. The number of H-pyrrole nitrogens is 1. The van der Waals surface area contributed by atoms with Crippen molar-refractivity contribution in [2.75, 3.05) is 20.8 Å². The minimum Gasteiger partial charge on any atom is -0.493 e. The van der Waals surface area contributed by atoms with E-state index in [1.807, 2.05) is 35.2 Å². The Kier molecular flexibility index (Phi) is 5.62. The van der Waals surface area contributed by atoms with E-state index < -0.39 is 0 Å². The van der Waals surface area contributed by atoms with Gasteiger partial charge in [-0.15, -0.1) is 11.3 Å². The number of aromatic nitrogens is 1. The van der Waals surface area contributed by atoms with E-state index >= 15 is 0 Å². The summed E-state index contributed by atoms with van der Waals surface area (Å²) in [6.07, 6.45) is 2.07. The van der Waals surface area contributed by atoms with Crippen LogP contribution in [0.15, 0.2) is 60.0 Å². The van der Waals surface area contributed by atoms with Gasteiger partial charge in [-0.25, -0.2) is 0 Å². The molecule has 2 aromatic carbocycles. The zero-order valence-electron chi connectivity index (χ0n) is 18.3. The standard InChI is InChI=1S/C26H26N2O3S/c1-30-22-11-5-9-20(26(22)31-2)25-24-19(18-8-3-4-10-21(18)27-24)14-15-28(25)23(29)13-12-17-7-6-16-32-17/h3-11,16,25,27H,12-15H2,1-2H3. The maximum Gasteiger partial charge on any atom is 0.223 e. The Hall–Kier alpha value is -3.25. The van der Waals surface area contributed by atoms with E-state index in [0.717, 1.165) is 29.6 Å². The number of rotatable bonds is 6. The zero-order valence-corrected chi connectivity index (χ0v) is 19.1. The molecule has 1 aliphatic rings. The Morgan fingerprint density at radius 3 is 2.75 bits per heavy atom. The first kappa shape index (κ1) is 20.6. The number of thiophene rings is 1. The maximum atomic E-state index is 13.5. The van der Waals surface area contributed by atoms with Crippen LogP contribution in [0.5, 0.6) is 11.5 Å². The Labute approximate surface area is 191 Å². The van der Waals surface area contributed by atoms with Crippen LogP contribution in [-0.4, -0.2) is 36.6 Å². The molecule has 0 saturated carbocycles. The number of aromatic amines is 1. The Morgan fingerprint density at radius 2 is 1.97 bits per heavy atom. The summed E-state index contributed by atoms with van der Waals surface area (Å²) >= 11 is 1.70. The zero-order chi connectivity index (χ0) is 22.1. The molecular formula is C26H26N2O3S.